The van der Waals surface area contributed by atoms with Crippen molar-refractivity contribution in [3.63, 3.8) is 0 Å². The lowest BCUT2D eigenvalue weighted by Gasteiger charge is -2.25. The molecule has 1 heterocycles. The first-order valence-electron chi connectivity index (χ1n) is 11.3. The summed E-state index contributed by atoms with van der Waals surface area (Å²) in [4.78, 5) is 27.3. The van der Waals surface area contributed by atoms with Gasteiger partial charge in [0.15, 0.2) is 0 Å². The van der Waals surface area contributed by atoms with E-state index in [-0.39, 0.29) is 12.1 Å². The minimum absolute atomic E-state index is 0.0430. The van der Waals surface area contributed by atoms with E-state index in [1.54, 1.807) is 31.4 Å². The molecular formula is C27H23ClF3N3O3. The smallest absolute Gasteiger partial charge is 0.416 e. The molecule has 3 aromatic rings. The summed E-state index contributed by atoms with van der Waals surface area (Å²) in [6.07, 6.45) is -4.06. The van der Waals surface area contributed by atoms with Crippen molar-refractivity contribution in [2.24, 2.45) is 5.10 Å². The van der Waals surface area contributed by atoms with Gasteiger partial charge in [-0.05, 0) is 71.8 Å². The van der Waals surface area contributed by atoms with Gasteiger partial charge in [-0.1, -0.05) is 23.7 Å². The molecule has 0 radical (unpaired) electrons. The van der Waals surface area contributed by atoms with Crippen molar-refractivity contribution in [2.45, 2.75) is 18.6 Å². The highest BCUT2D eigenvalue weighted by atomic mass is 35.5. The predicted molar refractivity (Wildman–Crippen MR) is 134 cm³/mol. The zero-order valence-electron chi connectivity index (χ0n) is 20.0. The second-order valence-corrected chi connectivity index (χ2v) is 8.96. The molecule has 2 amide bonds. The SMILES string of the molecule is COc1ccc(C2=NN(C(=O)CN(C)C(=O)c3ccc(C(F)(F)F)cc3)[C@@H](c3ccc(Cl)cc3)C2)cc1. The van der Waals surface area contributed by atoms with Gasteiger partial charge in [0.05, 0.1) is 24.4 Å². The quantitative estimate of drug-likeness (QED) is 0.404. The molecule has 3 aromatic carbocycles. The van der Waals surface area contributed by atoms with Crippen molar-refractivity contribution in [2.75, 3.05) is 20.7 Å². The summed E-state index contributed by atoms with van der Waals surface area (Å²) in [5, 5.41) is 6.48. The van der Waals surface area contributed by atoms with Crippen LogP contribution in [0.15, 0.2) is 77.9 Å². The zero-order chi connectivity index (χ0) is 26.7. The van der Waals surface area contributed by atoms with E-state index in [0.717, 1.165) is 40.3 Å². The number of hydrogen-bond donors (Lipinski definition) is 0. The lowest BCUT2D eigenvalue weighted by molar-refractivity contribution is -0.137. The first-order valence-corrected chi connectivity index (χ1v) is 11.7. The molecule has 0 fully saturated rings. The van der Waals surface area contributed by atoms with Gasteiger partial charge in [-0.15, -0.1) is 0 Å². The Kier molecular flexibility index (Phi) is 7.54. The summed E-state index contributed by atoms with van der Waals surface area (Å²) in [5.74, 6) is -0.331. The zero-order valence-corrected chi connectivity index (χ0v) is 20.8. The summed E-state index contributed by atoms with van der Waals surface area (Å²) in [7, 11) is 2.99. The first kappa shape index (κ1) is 26.2. The van der Waals surface area contributed by atoms with E-state index in [0.29, 0.717) is 22.9 Å². The minimum atomic E-state index is -4.50. The van der Waals surface area contributed by atoms with E-state index < -0.39 is 29.6 Å². The molecule has 0 aromatic heterocycles. The van der Waals surface area contributed by atoms with Crippen LogP contribution in [0.4, 0.5) is 13.2 Å². The van der Waals surface area contributed by atoms with Crippen LogP contribution in [0, 0.1) is 0 Å². The first-order chi connectivity index (χ1) is 17.6. The Bertz CT molecular complexity index is 1310. The largest absolute Gasteiger partial charge is 0.497 e. The Morgan fingerprint density at radius 3 is 2.22 bits per heavy atom. The highest BCUT2D eigenvalue weighted by Gasteiger charge is 2.34. The maximum Gasteiger partial charge on any atom is 0.416 e. The number of nitrogens with zero attached hydrogens (tertiary/aromatic N) is 3. The third-order valence-corrected chi connectivity index (χ3v) is 6.27. The van der Waals surface area contributed by atoms with Gasteiger partial charge in [0.25, 0.3) is 11.8 Å². The summed E-state index contributed by atoms with van der Waals surface area (Å²) >= 11 is 6.04. The number of halogens is 4. The van der Waals surface area contributed by atoms with Gasteiger partial charge in [0.1, 0.15) is 12.3 Å². The Labute approximate surface area is 216 Å². The number of rotatable bonds is 6. The fourth-order valence-electron chi connectivity index (χ4n) is 4.01. The average molecular weight is 530 g/mol. The number of benzene rings is 3. The normalized spacial score (nSPS) is 15.4. The summed E-state index contributed by atoms with van der Waals surface area (Å²) in [6.45, 7) is -0.316. The third-order valence-electron chi connectivity index (χ3n) is 6.02. The molecule has 0 saturated carbocycles. The van der Waals surface area contributed by atoms with Crippen LogP contribution in [0.3, 0.4) is 0 Å². The van der Waals surface area contributed by atoms with Crippen molar-refractivity contribution in [1.29, 1.82) is 0 Å². The topological polar surface area (TPSA) is 62.2 Å². The molecule has 0 spiro atoms. The lowest BCUT2D eigenvalue weighted by Crippen LogP contribution is -2.39. The molecule has 1 aliphatic rings. The van der Waals surface area contributed by atoms with Gasteiger partial charge in [-0.25, -0.2) is 5.01 Å². The number of likely N-dealkylation sites (N-methyl/N-ethyl adjacent to an activating group) is 1. The number of carbonyl (C=O) groups excluding carboxylic acids is 2. The standard InChI is InChI=1S/C27H23ClF3N3O3/c1-33(26(36)19-3-9-20(10-4-19)27(29,30)31)16-25(35)34-24(18-5-11-21(28)12-6-18)15-23(32-34)17-7-13-22(37-2)14-8-17/h3-14,24H,15-16H2,1-2H3/t24-/m1/s1. The maximum atomic E-state index is 13.3. The molecule has 10 heteroatoms. The fraction of sp³-hybridized carbons (Fsp3) is 0.222. The van der Waals surface area contributed by atoms with Gasteiger partial charge >= 0.3 is 6.18 Å². The van der Waals surface area contributed by atoms with Gasteiger partial charge in [0, 0.05) is 24.1 Å². The molecule has 1 atom stereocenters. The molecular weight excluding hydrogens is 507 g/mol. The third kappa shape index (κ3) is 5.94. The van der Waals surface area contributed by atoms with E-state index in [4.69, 9.17) is 16.3 Å². The summed E-state index contributed by atoms with van der Waals surface area (Å²) < 4.78 is 43.7. The van der Waals surface area contributed by atoms with E-state index in [1.807, 2.05) is 24.3 Å². The Balaban J connectivity index is 1.55. The molecule has 0 unspecified atom stereocenters. The van der Waals surface area contributed by atoms with E-state index in [1.165, 1.54) is 12.1 Å². The number of amides is 2. The monoisotopic (exact) mass is 529 g/mol. The highest BCUT2D eigenvalue weighted by molar-refractivity contribution is 6.30. The summed E-state index contributed by atoms with van der Waals surface area (Å²) in [5.41, 5.74) is 1.52. The Morgan fingerprint density at radius 2 is 1.65 bits per heavy atom. The van der Waals surface area contributed by atoms with Gasteiger partial charge in [0.2, 0.25) is 0 Å². The van der Waals surface area contributed by atoms with Crippen LogP contribution in [0.5, 0.6) is 5.75 Å². The second-order valence-electron chi connectivity index (χ2n) is 8.52. The fourth-order valence-corrected chi connectivity index (χ4v) is 4.14. The van der Waals surface area contributed by atoms with Crippen LogP contribution < -0.4 is 4.74 Å². The Hall–Kier alpha value is -3.85. The summed E-state index contributed by atoms with van der Waals surface area (Å²) in [6, 6.07) is 17.8. The highest BCUT2D eigenvalue weighted by Crippen LogP contribution is 2.34. The number of carbonyl (C=O) groups is 2. The van der Waals surface area contributed by atoms with Gasteiger partial charge in [-0.2, -0.15) is 18.3 Å². The molecule has 4 rings (SSSR count). The van der Waals surface area contributed by atoms with Crippen LogP contribution in [0.2, 0.25) is 5.02 Å². The number of alkyl halides is 3. The second kappa shape index (κ2) is 10.6. The minimum Gasteiger partial charge on any atom is -0.497 e. The van der Waals surface area contributed by atoms with Crippen LogP contribution in [-0.2, 0) is 11.0 Å². The molecule has 6 nitrogen and oxygen atoms in total. The van der Waals surface area contributed by atoms with Gasteiger partial charge in [-0.3, -0.25) is 9.59 Å². The molecule has 0 aliphatic carbocycles. The van der Waals surface area contributed by atoms with Gasteiger partial charge < -0.3 is 9.64 Å². The van der Waals surface area contributed by atoms with Crippen LogP contribution in [0.1, 0.15) is 39.5 Å². The number of hydrogen-bond acceptors (Lipinski definition) is 4. The number of hydrazone groups is 1. The van der Waals surface area contributed by atoms with Crippen LogP contribution in [0.25, 0.3) is 0 Å². The van der Waals surface area contributed by atoms with E-state index in [9.17, 15) is 22.8 Å². The van der Waals surface area contributed by atoms with Crippen molar-refractivity contribution < 1.29 is 27.5 Å². The van der Waals surface area contributed by atoms with Crippen molar-refractivity contribution in [3.05, 3.63) is 100 Å². The van der Waals surface area contributed by atoms with Crippen molar-refractivity contribution in [3.8, 4) is 5.75 Å². The molecule has 37 heavy (non-hydrogen) atoms. The van der Waals surface area contributed by atoms with Crippen molar-refractivity contribution in [1.82, 2.24) is 9.91 Å². The predicted octanol–water partition coefficient (Wildman–Crippen LogP) is 5.82. The number of methoxy groups -OCH3 is 1. The molecule has 0 bridgehead atoms. The Morgan fingerprint density at radius 1 is 1.03 bits per heavy atom. The van der Waals surface area contributed by atoms with Crippen LogP contribution in [-0.4, -0.2) is 48.1 Å². The average Bonchev–Trinajstić information content (AvgIpc) is 3.34. The maximum absolute atomic E-state index is 13.3. The molecule has 192 valence electrons. The van der Waals surface area contributed by atoms with Crippen molar-refractivity contribution >= 4 is 29.1 Å². The molecule has 0 saturated heterocycles. The van der Waals surface area contributed by atoms with Crippen LogP contribution >= 0.6 is 11.6 Å². The molecule has 1 aliphatic heterocycles. The lowest BCUT2D eigenvalue weighted by atomic mass is 9.98. The molecule has 0 N–H and O–H groups in total. The van der Waals surface area contributed by atoms with E-state index in [2.05, 4.69) is 5.10 Å². The number of ether oxygens (including phenoxy) is 1. The van der Waals surface area contributed by atoms with E-state index >= 15 is 0 Å².